The van der Waals surface area contributed by atoms with Gasteiger partial charge < -0.3 is 10.1 Å². The fourth-order valence-electron chi connectivity index (χ4n) is 2.02. The number of amides is 1. The maximum atomic E-state index is 12.3. The van der Waals surface area contributed by atoms with Gasteiger partial charge in [-0.3, -0.25) is 4.79 Å². The van der Waals surface area contributed by atoms with Gasteiger partial charge in [-0.1, -0.05) is 41.9 Å². The van der Waals surface area contributed by atoms with Crippen molar-refractivity contribution in [3.8, 4) is 5.75 Å². The Morgan fingerprint density at radius 3 is 2.36 bits per heavy atom. The largest absolute Gasteiger partial charge is 0.478 e. The third-order valence-electron chi connectivity index (χ3n) is 3.28. The van der Waals surface area contributed by atoms with Crippen LogP contribution in [0.3, 0.4) is 0 Å². The highest BCUT2D eigenvalue weighted by atomic mass is 35.5. The molecule has 0 heterocycles. The number of hydrogen-bond donors (Lipinski definition) is 1. The third-order valence-corrected chi connectivity index (χ3v) is 3.53. The highest BCUT2D eigenvalue weighted by Gasteiger charge is 2.29. The summed E-state index contributed by atoms with van der Waals surface area (Å²) in [6.07, 6.45) is 0.795. The number of nitrogens with one attached hydrogen (secondary N) is 1. The van der Waals surface area contributed by atoms with Crippen LogP contribution < -0.4 is 10.1 Å². The van der Waals surface area contributed by atoms with E-state index < -0.39 is 5.60 Å². The molecule has 0 radical (unpaired) electrons. The van der Waals surface area contributed by atoms with E-state index in [0.29, 0.717) is 17.3 Å². The Morgan fingerprint density at radius 1 is 1.09 bits per heavy atom. The van der Waals surface area contributed by atoms with Crippen molar-refractivity contribution in [3.63, 3.8) is 0 Å². The lowest BCUT2D eigenvalue weighted by atomic mass is 10.1. The van der Waals surface area contributed by atoms with E-state index in [0.717, 1.165) is 6.42 Å². The van der Waals surface area contributed by atoms with Crippen LogP contribution in [0.4, 0.5) is 0 Å². The summed E-state index contributed by atoms with van der Waals surface area (Å²) in [5.41, 5.74) is 0.254. The second-order valence-electron chi connectivity index (χ2n) is 5.56. The van der Waals surface area contributed by atoms with Gasteiger partial charge in [0, 0.05) is 11.6 Å². The lowest BCUT2D eigenvalue weighted by Gasteiger charge is -2.25. The van der Waals surface area contributed by atoms with E-state index in [1.54, 1.807) is 38.1 Å². The number of ether oxygens (including phenoxy) is 1. The van der Waals surface area contributed by atoms with Crippen LogP contribution in [0.1, 0.15) is 19.4 Å². The zero-order valence-electron chi connectivity index (χ0n) is 12.8. The van der Waals surface area contributed by atoms with Crippen LogP contribution in [0.15, 0.2) is 54.6 Å². The fourth-order valence-corrected chi connectivity index (χ4v) is 2.15. The average Bonchev–Trinajstić information content (AvgIpc) is 2.50. The van der Waals surface area contributed by atoms with Crippen molar-refractivity contribution in [2.75, 3.05) is 6.54 Å². The highest BCUT2D eigenvalue weighted by Crippen LogP contribution is 2.21. The lowest BCUT2D eigenvalue weighted by Crippen LogP contribution is -2.47. The predicted octanol–water partition coefficient (Wildman–Crippen LogP) is 3.86. The molecule has 2 rings (SSSR count). The quantitative estimate of drug-likeness (QED) is 0.878. The molecule has 0 aliphatic rings. The van der Waals surface area contributed by atoms with Crippen molar-refractivity contribution in [1.82, 2.24) is 5.32 Å². The third kappa shape index (κ3) is 4.78. The Labute approximate surface area is 136 Å². The fraction of sp³-hybridized carbons (Fsp3) is 0.278. The summed E-state index contributed by atoms with van der Waals surface area (Å²) in [4.78, 5) is 12.3. The van der Waals surface area contributed by atoms with Crippen LogP contribution in [0.5, 0.6) is 5.75 Å². The Morgan fingerprint density at radius 2 is 1.73 bits per heavy atom. The van der Waals surface area contributed by atoms with Gasteiger partial charge in [-0.2, -0.15) is 0 Å². The molecule has 0 saturated heterocycles. The summed E-state index contributed by atoms with van der Waals surface area (Å²) in [7, 11) is 0. The van der Waals surface area contributed by atoms with Crippen LogP contribution in [0.2, 0.25) is 5.02 Å². The predicted molar refractivity (Wildman–Crippen MR) is 89.3 cm³/mol. The van der Waals surface area contributed by atoms with Crippen LogP contribution in [-0.4, -0.2) is 18.1 Å². The van der Waals surface area contributed by atoms with Crippen molar-refractivity contribution >= 4 is 17.5 Å². The van der Waals surface area contributed by atoms with Crippen molar-refractivity contribution < 1.29 is 9.53 Å². The summed E-state index contributed by atoms with van der Waals surface area (Å²) in [6.45, 7) is 4.08. The van der Waals surface area contributed by atoms with E-state index in [4.69, 9.17) is 16.3 Å². The topological polar surface area (TPSA) is 38.3 Å². The molecule has 0 aliphatic heterocycles. The number of hydrogen-bond acceptors (Lipinski definition) is 2. The van der Waals surface area contributed by atoms with Crippen LogP contribution in [-0.2, 0) is 11.2 Å². The van der Waals surface area contributed by atoms with E-state index in [-0.39, 0.29) is 5.91 Å². The monoisotopic (exact) mass is 317 g/mol. The van der Waals surface area contributed by atoms with Crippen LogP contribution >= 0.6 is 11.6 Å². The standard InChI is InChI=1S/C18H20ClNO2/c1-18(2,22-16-10-8-15(19)9-11-16)17(21)20-13-12-14-6-4-3-5-7-14/h3-11H,12-13H2,1-2H3,(H,20,21). The molecule has 0 spiro atoms. The van der Waals surface area contributed by atoms with Gasteiger partial charge in [0.15, 0.2) is 5.60 Å². The zero-order chi connectivity index (χ0) is 16.0. The number of halogens is 1. The number of rotatable bonds is 6. The first kappa shape index (κ1) is 16.4. The van der Waals surface area contributed by atoms with Gasteiger partial charge in [-0.25, -0.2) is 0 Å². The molecular weight excluding hydrogens is 298 g/mol. The summed E-state index contributed by atoms with van der Waals surface area (Å²) < 4.78 is 5.75. The van der Waals surface area contributed by atoms with E-state index >= 15 is 0 Å². The van der Waals surface area contributed by atoms with Gasteiger partial charge in [-0.15, -0.1) is 0 Å². The summed E-state index contributed by atoms with van der Waals surface area (Å²) in [6, 6.07) is 17.0. The molecule has 2 aromatic carbocycles. The van der Waals surface area contributed by atoms with E-state index in [2.05, 4.69) is 5.32 Å². The van der Waals surface area contributed by atoms with Gasteiger partial charge in [0.25, 0.3) is 5.91 Å². The Hall–Kier alpha value is -2.00. The zero-order valence-corrected chi connectivity index (χ0v) is 13.6. The molecule has 0 unspecified atom stereocenters. The molecule has 0 aliphatic carbocycles. The van der Waals surface area contributed by atoms with Crippen molar-refractivity contribution in [1.29, 1.82) is 0 Å². The minimum absolute atomic E-state index is 0.140. The Kier molecular flexibility index (Phi) is 5.45. The number of carbonyl (C=O) groups is 1. The van der Waals surface area contributed by atoms with Crippen molar-refractivity contribution in [3.05, 3.63) is 65.2 Å². The minimum Gasteiger partial charge on any atom is -0.478 e. The molecule has 4 heteroatoms. The molecular formula is C18H20ClNO2. The SMILES string of the molecule is CC(C)(Oc1ccc(Cl)cc1)C(=O)NCCc1ccccc1. The first-order chi connectivity index (χ1) is 10.5. The molecule has 22 heavy (non-hydrogen) atoms. The lowest BCUT2D eigenvalue weighted by molar-refractivity contribution is -0.134. The van der Waals surface area contributed by atoms with Gasteiger partial charge >= 0.3 is 0 Å². The summed E-state index contributed by atoms with van der Waals surface area (Å²) in [5, 5.41) is 3.55. The molecule has 0 atom stereocenters. The molecule has 3 nitrogen and oxygen atoms in total. The molecule has 0 saturated carbocycles. The molecule has 1 amide bonds. The van der Waals surface area contributed by atoms with Crippen molar-refractivity contribution in [2.45, 2.75) is 25.9 Å². The minimum atomic E-state index is -0.940. The Bertz CT molecular complexity index is 609. The molecule has 116 valence electrons. The smallest absolute Gasteiger partial charge is 0.263 e. The maximum Gasteiger partial charge on any atom is 0.263 e. The first-order valence-electron chi connectivity index (χ1n) is 7.24. The van der Waals surface area contributed by atoms with Crippen molar-refractivity contribution in [2.24, 2.45) is 0 Å². The van der Waals surface area contributed by atoms with Gasteiger partial charge in [-0.05, 0) is 50.1 Å². The van der Waals surface area contributed by atoms with Crippen LogP contribution in [0, 0.1) is 0 Å². The molecule has 2 aromatic rings. The normalized spacial score (nSPS) is 11.0. The number of benzene rings is 2. The van der Waals surface area contributed by atoms with E-state index in [1.165, 1.54) is 5.56 Å². The number of carbonyl (C=O) groups excluding carboxylic acids is 1. The van der Waals surface area contributed by atoms with Crippen LogP contribution in [0.25, 0.3) is 0 Å². The van der Waals surface area contributed by atoms with Gasteiger partial charge in [0.1, 0.15) is 5.75 Å². The molecule has 0 aromatic heterocycles. The Balaban J connectivity index is 1.86. The maximum absolute atomic E-state index is 12.3. The highest BCUT2D eigenvalue weighted by molar-refractivity contribution is 6.30. The molecule has 1 N–H and O–H groups in total. The van der Waals surface area contributed by atoms with Gasteiger partial charge in [0.05, 0.1) is 0 Å². The summed E-state index contributed by atoms with van der Waals surface area (Å²) in [5.74, 6) is 0.478. The second kappa shape index (κ2) is 7.32. The van der Waals surface area contributed by atoms with E-state index in [1.807, 2.05) is 30.3 Å². The van der Waals surface area contributed by atoms with Gasteiger partial charge in [0.2, 0.25) is 0 Å². The molecule has 0 fully saturated rings. The first-order valence-corrected chi connectivity index (χ1v) is 7.62. The van der Waals surface area contributed by atoms with E-state index in [9.17, 15) is 4.79 Å². The second-order valence-corrected chi connectivity index (χ2v) is 5.99. The average molecular weight is 318 g/mol. The summed E-state index contributed by atoms with van der Waals surface area (Å²) >= 11 is 5.84. The molecule has 0 bridgehead atoms.